The molecule has 0 spiro atoms. The van der Waals surface area contributed by atoms with Crippen molar-refractivity contribution in [2.24, 2.45) is 5.73 Å². The normalized spacial score (nSPS) is 14.8. The van der Waals surface area contributed by atoms with Gasteiger partial charge in [0.2, 0.25) is 0 Å². The summed E-state index contributed by atoms with van der Waals surface area (Å²) < 4.78 is 0. The summed E-state index contributed by atoms with van der Waals surface area (Å²) in [6.07, 6.45) is 1.33. The van der Waals surface area contributed by atoms with Crippen molar-refractivity contribution in [1.29, 1.82) is 0 Å². The first kappa shape index (κ1) is 10.7. The topological polar surface area (TPSA) is 102 Å². The highest BCUT2D eigenvalue weighted by Crippen LogP contribution is 2.25. The molecule has 5 nitrogen and oxygen atoms in total. The second-order valence-corrected chi connectivity index (χ2v) is 3.53. The first-order chi connectivity index (χ1) is 6.35. The first-order valence-electron chi connectivity index (χ1n) is 3.79. The Labute approximate surface area is 85.7 Å². The summed E-state index contributed by atoms with van der Waals surface area (Å²) in [5, 5.41) is 9.16. The molecule has 1 rings (SSSR count). The van der Waals surface area contributed by atoms with Crippen LogP contribution in [0.4, 0.5) is 5.82 Å². The molecule has 0 aliphatic heterocycles. The molecule has 0 fully saturated rings. The van der Waals surface area contributed by atoms with Crippen molar-refractivity contribution in [3.05, 3.63) is 22.8 Å². The molecule has 1 unspecified atom stereocenters. The molecular formula is C8H10ClN3O2. The van der Waals surface area contributed by atoms with Crippen LogP contribution in [-0.2, 0) is 10.3 Å². The maximum atomic E-state index is 10.8. The number of nitrogens with two attached hydrogens (primary N) is 2. The fourth-order valence-electron chi connectivity index (χ4n) is 0.981. The lowest BCUT2D eigenvalue weighted by molar-refractivity contribution is -0.143. The molecule has 1 aromatic rings. The van der Waals surface area contributed by atoms with Crippen LogP contribution >= 0.6 is 11.6 Å². The lowest BCUT2D eigenvalue weighted by atomic mass is 9.94. The van der Waals surface area contributed by atoms with Crippen LogP contribution in [0.1, 0.15) is 12.5 Å². The molecule has 0 amide bonds. The molecule has 0 saturated heterocycles. The Kier molecular flexibility index (Phi) is 2.64. The fourth-order valence-corrected chi connectivity index (χ4v) is 1.14. The lowest BCUT2D eigenvalue weighted by Gasteiger charge is -2.20. The molecular weight excluding hydrogens is 206 g/mol. The van der Waals surface area contributed by atoms with E-state index in [1.165, 1.54) is 19.2 Å². The standard InChI is InChI=1S/C8H10ClN3O2/c1-8(11,7(13)14)5-2-4(9)3-12-6(5)10/h2-3H,11H2,1H3,(H2,10,12)(H,13,14). The maximum Gasteiger partial charge on any atom is 0.328 e. The third-order valence-corrected chi connectivity index (χ3v) is 2.10. The monoisotopic (exact) mass is 215 g/mol. The number of anilines is 1. The van der Waals surface area contributed by atoms with Gasteiger partial charge in [-0.15, -0.1) is 0 Å². The Balaban J connectivity index is 3.31. The number of carbonyl (C=O) groups is 1. The van der Waals surface area contributed by atoms with Gasteiger partial charge in [0.25, 0.3) is 0 Å². The number of hydrogen-bond donors (Lipinski definition) is 3. The van der Waals surface area contributed by atoms with Gasteiger partial charge in [-0.05, 0) is 13.0 Å². The average Bonchev–Trinajstić information content (AvgIpc) is 2.08. The fraction of sp³-hybridized carbons (Fsp3) is 0.250. The molecule has 1 heterocycles. The van der Waals surface area contributed by atoms with Crippen LogP contribution in [0.3, 0.4) is 0 Å². The first-order valence-corrected chi connectivity index (χ1v) is 4.17. The molecule has 0 saturated carbocycles. The van der Waals surface area contributed by atoms with Gasteiger partial charge in [0, 0.05) is 11.8 Å². The van der Waals surface area contributed by atoms with Crippen molar-refractivity contribution in [2.45, 2.75) is 12.5 Å². The van der Waals surface area contributed by atoms with E-state index in [1.54, 1.807) is 0 Å². The van der Waals surface area contributed by atoms with E-state index in [0.717, 1.165) is 0 Å². The SMILES string of the molecule is CC(N)(C(=O)O)c1cc(Cl)cnc1N. The van der Waals surface area contributed by atoms with Crippen molar-refractivity contribution in [3.63, 3.8) is 0 Å². The van der Waals surface area contributed by atoms with Crippen LogP contribution in [0.25, 0.3) is 0 Å². The lowest BCUT2D eigenvalue weighted by Crippen LogP contribution is -2.42. The molecule has 0 aromatic carbocycles. The van der Waals surface area contributed by atoms with Gasteiger partial charge in [-0.2, -0.15) is 0 Å². The molecule has 1 atom stereocenters. The second kappa shape index (κ2) is 3.43. The number of carboxylic acids is 1. The Morgan fingerprint density at radius 3 is 2.79 bits per heavy atom. The minimum Gasteiger partial charge on any atom is -0.480 e. The van der Waals surface area contributed by atoms with Gasteiger partial charge in [0.05, 0.1) is 5.02 Å². The van der Waals surface area contributed by atoms with Crippen LogP contribution in [0.15, 0.2) is 12.3 Å². The van der Waals surface area contributed by atoms with Gasteiger partial charge in [-0.3, -0.25) is 0 Å². The van der Waals surface area contributed by atoms with Gasteiger partial charge >= 0.3 is 5.97 Å². The molecule has 1 aromatic heterocycles. The van der Waals surface area contributed by atoms with Crippen LogP contribution in [0, 0.1) is 0 Å². The minimum atomic E-state index is -1.58. The van der Waals surface area contributed by atoms with Crippen molar-refractivity contribution in [3.8, 4) is 0 Å². The van der Waals surface area contributed by atoms with E-state index in [0.29, 0.717) is 5.02 Å². The highest BCUT2D eigenvalue weighted by molar-refractivity contribution is 6.30. The zero-order valence-electron chi connectivity index (χ0n) is 7.49. The third kappa shape index (κ3) is 1.78. The van der Waals surface area contributed by atoms with E-state index in [-0.39, 0.29) is 11.4 Å². The zero-order valence-corrected chi connectivity index (χ0v) is 8.25. The van der Waals surface area contributed by atoms with Crippen molar-refractivity contribution < 1.29 is 9.90 Å². The minimum absolute atomic E-state index is 0.0711. The number of halogens is 1. The number of carboxylic acid groups (broad SMARTS) is 1. The van der Waals surface area contributed by atoms with Crippen LogP contribution in [0.2, 0.25) is 5.02 Å². The molecule has 6 heteroatoms. The largest absolute Gasteiger partial charge is 0.480 e. The molecule has 76 valence electrons. The summed E-state index contributed by atoms with van der Waals surface area (Å²) >= 11 is 5.66. The van der Waals surface area contributed by atoms with Gasteiger partial charge < -0.3 is 16.6 Å². The van der Waals surface area contributed by atoms with Crippen LogP contribution < -0.4 is 11.5 Å². The van der Waals surface area contributed by atoms with Crippen molar-refractivity contribution >= 4 is 23.4 Å². The molecule has 0 aliphatic carbocycles. The molecule has 0 aliphatic rings. The predicted molar refractivity (Wildman–Crippen MR) is 52.8 cm³/mol. The molecule has 14 heavy (non-hydrogen) atoms. The third-order valence-electron chi connectivity index (χ3n) is 1.89. The Hall–Kier alpha value is -1.33. The van der Waals surface area contributed by atoms with Crippen molar-refractivity contribution in [1.82, 2.24) is 4.98 Å². The smallest absolute Gasteiger partial charge is 0.328 e. The summed E-state index contributed by atoms with van der Waals surface area (Å²) in [6, 6.07) is 1.40. The van der Waals surface area contributed by atoms with Gasteiger partial charge in [0.1, 0.15) is 11.4 Å². The van der Waals surface area contributed by atoms with E-state index < -0.39 is 11.5 Å². The molecule has 5 N–H and O–H groups in total. The summed E-state index contributed by atoms with van der Waals surface area (Å²) in [6.45, 7) is 1.33. The summed E-state index contributed by atoms with van der Waals surface area (Å²) in [4.78, 5) is 14.6. The van der Waals surface area contributed by atoms with Gasteiger partial charge in [-0.25, -0.2) is 9.78 Å². The maximum absolute atomic E-state index is 10.8. The van der Waals surface area contributed by atoms with E-state index in [4.69, 9.17) is 28.2 Å². The Morgan fingerprint density at radius 1 is 1.71 bits per heavy atom. The highest BCUT2D eigenvalue weighted by atomic mass is 35.5. The predicted octanol–water partition coefficient (Wildman–Crippen LogP) is 0.576. The molecule has 0 radical (unpaired) electrons. The van der Waals surface area contributed by atoms with Gasteiger partial charge in [-0.1, -0.05) is 11.6 Å². The number of aromatic nitrogens is 1. The van der Waals surface area contributed by atoms with E-state index in [9.17, 15) is 4.79 Å². The summed E-state index contributed by atoms with van der Waals surface area (Å²) in [5.41, 5.74) is 9.70. The molecule has 0 bridgehead atoms. The van der Waals surface area contributed by atoms with E-state index in [2.05, 4.69) is 4.98 Å². The number of nitrogens with zero attached hydrogens (tertiary/aromatic N) is 1. The number of nitrogen functional groups attached to an aromatic ring is 1. The number of aliphatic carboxylic acids is 1. The van der Waals surface area contributed by atoms with Gasteiger partial charge in [0.15, 0.2) is 0 Å². The van der Waals surface area contributed by atoms with E-state index >= 15 is 0 Å². The van der Waals surface area contributed by atoms with Crippen molar-refractivity contribution in [2.75, 3.05) is 5.73 Å². The average molecular weight is 216 g/mol. The second-order valence-electron chi connectivity index (χ2n) is 3.09. The number of pyridine rings is 1. The Morgan fingerprint density at radius 2 is 2.29 bits per heavy atom. The number of hydrogen-bond acceptors (Lipinski definition) is 4. The van der Waals surface area contributed by atoms with Crippen LogP contribution in [0.5, 0.6) is 0 Å². The quantitative estimate of drug-likeness (QED) is 0.670. The Bertz CT molecular complexity index is 379. The number of rotatable bonds is 2. The van der Waals surface area contributed by atoms with E-state index in [1.807, 2.05) is 0 Å². The highest BCUT2D eigenvalue weighted by Gasteiger charge is 2.32. The zero-order chi connectivity index (χ0) is 10.9. The summed E-state index contributed by atoms with van der Waals surface area (Å²) in [5.74, 6) is -1.12. The summed E-state index contributed by atoms with van der Waals surface area (Å²) in [7, 11) is 0. The van der Waals surface area contributed by atoms with Crippen LogP contribution in [-0.4, -0.2) is 16.1 Å².